The Morgan fingerprint density at radius 2 is 2.06 bits per heavy atom. The van der Waals surface area contributed by atoms with Crippen molar-refractivity contribution in [3.05, 3.63) is 64.9 Å². The lowest BCUT2D eigenvalue weighted by molar-refractivity contribution is 0.966. The second-order valence-corrected chi connectivity index (χ2v) is 3.81. The van der Waals surface area contributed by atoms with Gasteiger partial charge in [0.05, 0.1) is 11.8 Å². The Morgan fingerprint density at radius 3 is 2.69 bits per heavy atom. The molecule has 78 valence electrons. The number of nitrogens with zero attached hydrogens (tertiary/aromatic N) is 2. The first-order chi connectivity index (χ1) is 7.81. The van der Waals surface area contributed by atoms with E-state index in [1.54, 1.807) is 18.3 Å². The maximum atomic E-state index is 9.19. The zero-order valence-electron chi connectivity index (χ0n) is 8.47. The first-order valence-electron chi connectivity index (χ1n) is 4.87. The minimum absolute atomic E-state index is 0.361. The maximum absolute atomic E-state index is 9.19. The molecule has 2 rings (SSSR count). The molecule has 3 heteroatoms. The van der Waals surface area contributed by atoms with Crippen LogP contribution in [-0.4, -0.2) is 4.98 Å². The van der Waals surface area contributed by atoms with Crippen molar-refractivity contribution in [1.29, 1.82) is 5.26 Å². The molecule has 0 bridgehead atoms. The lowest BCUT2D eigenvalue weighted by Gasteiger charge is -2.08. The molecule has 1 aromatic heterocycles. The summed E-state index contributed by atoms with van der Waals surface area (Å²) < 4.78 is 0. The van der Waals surface area contributed by atoms with Crippen LogP contribution in [0.2, 0.25) is 5.02 Å². The molecule has 0 saturated heterocycles. The smallest absolute Gasteiger partial charge is 0.113 e. The monoisotopic (exact) mass is 228 g/mol. The van der Waals surface area contributed by atoms with Crippen LogP contribution in [-0.2, 0) is 0 Å². The van der Waals surface area contributed by atoms with E-state index in [9.17, 15) is 5.26 Å². The van der Waals surface area contributed by atoms with Gasteiger partial charge in [-0.3, -0.25) is 4.98 Å². The molecule has 0 aliphatic heterocycles. The Labute approximate surface area is 99.1 Å². The predicted octanol–water partition coefficient (Wildman–Crippen LogP) is 3.39. The topological polar surface area (TPSA) is 36.7 Å². The van der Waals surface area contributed by atoms with E-state index in [0.29, 0.717) is 5.02 Å². The summed E-state index contributed by atoms with van der Waals surface area (Å²) in [6, 6.07) is 15.1. The number of aromatic nitrogens is 1. The van der Waals surface area contributed by atoms with Gasteiger partial charge in [-0.1, -0.05) is 29.8 Å². The standard InChI is InChI=1S/C13H9ClN2/c14-11-5-3-4-10(8-11)12(9-15)13-6-1-2-7-16-13/h1-8,12H/t12-/m1/s1. The first-order valence-corrected chi connectivity index (χ1v) is 5.25. The minimum Gasteiger partial charge on any atom is -0.260 e. The number of rotatable bonds is 2. The van der Waals surface area contributed by atoms with Crippen molar-refractivity contribution < 1.29 is 0 Å². The van der Waals surface area contributed by atoms with Crippen LogP contribution in [0.4, 0.5) is 0 Å². The van der Waals surface area contributed by atoms with Gasteiger partial charge in [-0.15, -0.1) is 0 Å². The van der Waals surface area contributed by atoms with E-state index < -0.39 is 0 Å². The average Bonchev–Trinajstić information content (AvgIpc) is 2.31. The van der Waals surface area contributed by atoms with Crippen LogP contribution < -0.4 is 0 Å². The highest BCUT2D eigenvalue weighted by molar-refractivity contribution is 6.30. The molecule has 0 saturated carbocycles. The molecule has 2 aromatic rings. The largest absolute Gasteiger partial charge is 0.260 e. The van der Waals surface area contributed by atoms with E-state index in [2.05, 4.69) is 11.1 Å². The third kappa shape index (κ3) is 2.21. The summed E-state index contributed by atoms with van der Waals surface area (Å²) in [6.45, 7) is 0. The fraction of sp³-hybridized carbons (Fsp3) is 0.0769. The molecule has 0 aliphatic carbocycles. The van der Waals surface area contributed by atoms with Crippen molar-refractivity contribution in [2.24, 2.45) is 0 Å². The Kier molecular flexibility index (Phi) is 3.19. The SMILES string of the molecule is N#C[C@H](c1cccc(Cl)c1)c1ccccn1. The molecule has 0 N–H and O–H groups in total. The lowest BCUT2D eigenvalue weighted by Crippen LogP contribution is -2.00. The highest BCUT2D eigenvalue weighted by atomic mass is 35.5. The Bertz CT molecular complexity index is 517. The molecule has 1 aromatic carbocycles. The molecule has 0 fully saturated rings. The van der Waals surface area contributed by atoms with Gasteiger partial charge < -0.3 is 0 Å². The number of halogens is 1. The van der Waals surface area contributed by atoms with Crippen LogP contribution in [0.25, 0.3) is 0 Å². The fourth-order valence-electron chi connectivity index (χ4n) is 1.54. The molecule has 1 heterocycles. The molecule has 1 atom stereocenters. The van der Waals surface area contributed by atoms with Crippen LogP contribution in [0.1, 0.15) is 17.2 Å². The van der Waals surface area contributed by atoms with Crippen molar-refractivity contribution >= 4 is 11.6 Å². The van der Waals surface area contributed by atoms with E-state index >= 15 is 0 Å². The number of pyridine rings is 1. The number of benzene rings is 1. The second-order valence-electron chi connectivity index (χ2n) is 3.37. The van der Waals surface area contributed by atoms with Gasteiger partial charge in [0.25, 0.3) is 0 Å². The maximum Gasteiger partial charge on any atom is 0.113 e. The van der Waals surface area contributed by atoms with E-state index in [-0.39, 0.29) is 5.92 Å². The lowest BCUT2D eigenvalue weighted by atomic mass is 9.97. The van der Waals surface area contributed by atoms with Crippen LogP contribution in [0.15, 0.2) is 48.7 Å². The van der Waals surface area contributed by atoms with Gasteiger partial charge in [-0.05, 0) is 29.8 Å². The molecule has 0 radical (unpaired) electrons. The van der Waals surface area contributed by atoms with Gasteiger partial charge in [-0.2, -0.15) is 5.26 Å². The zero-order valence-corrected chi connectivity index (χ0v) is 9.22. The predicted molar refractivity (Wildman–Crippen MR) is 63.1 cm³/mol. The van der Waals surface area contributed by atoms with Crippen LogP contribution in [0.3, 0.4) is 0 Å². The van der Waals surface area contributed by atoms with Crippen molar-refractivity contribution in [3.8, 4) is 6.07 Å². The average molecular weight is 229 g/mol. The normalized spacial score (nSPS) is 11.8. The van der Waals surface area contributed by atoms with Crippen LogP contribution >= 0.6 is 11.6 Å². The van der Waals surface area contributed by atoms with Crippen molar-refractivity contribution in [2.75, 3.05) is 0 Å². The third-order valence-corrected chi connectivity index (χ3v) is 2.53. The van der Waals surface area contributed by atoms with Crippen LogP contribution in [0, 0.1) is 11.3 Å². The fourth-order valence-corrected chi connectivity index (χ4v) is 1.74. The zero-order chi connectivity index (χ0) is 11.4. The van der Waals surface area contributed by atoms with Gasteiger partial charge >= 0.3 is 0 Å². The second kappa shape index (κ2) is 4.78. The van der Waals surface area contributed by atoms with Gasteiger partial charge in [0, 0.05) is 11.2 Å². The van der Waals surface area contributed by atoms with Gasteiger partial charge in [0.1, 0.15) is 5.92 Å². The quantitative estimate of drug-likeness (QED) is 0.790. The van der Waals surface area contributed by atoms with Crippen molar-refractivity contribution in [2.45, 2.75) is 5.92 Å². The summed E-state index contributed by atoms with van der Waals surface area (Å²) in [5.41, 5.74) is 1.61. The summed E-state index contributed by atoms with van der Waals surface area (Å²) in [7, 11) is 0. The van der Waals surface area contributed by atoms with Crippen molar-refractivity contribution in [3.63, 3.8) is 0 Å². The Hall–Kier alpha value is -1.85. The van der Waals surface area contributed by atoms with E-state index in [4.69, 9.17) is 11.6 Å². The van der Waals surface area contributed by atoms with Crippen molar-refractivity contribution in [1.82, 2.24) is 4.98 Å². The summed E-state index contributed by atoms with van der Waals surface area (Å²) >= 11 is 5.90. The highest BCUT2D eigenvalue weighted by Crippen LogP contribution is 2.24. The Balaban J connectivity index is 2.42. The number of nitriles is 1. The molecule has 0 amide bonds. The summed E-state index contributed by atoms with van der Waals surface area (Å²) in [6.07, 6.45) is 1.68. The highest BCUT2D eigenvalue weighted by Gasteiger charge is 2.14. The molecule has 0 spiro atoms. The van der Waals surface area contributed by atoms with E-state index in [0.717, 1.165) is 11.3 Å². The number of hydrogen-bond donors (Lipinski definition) is 0. The minimum atomic E-state index is -0.361. The molecular weight excluding hydrogens is 220 g/mol. The molecule has 16 heavy (non-hydrogen) atoms. The van der Waals surface area contributed by atoms with Crippen LogP contribution in [0.5, 0.6) is 0 Å². The summed E-state index contributed by atoms with van der Waals surface area (Å²) in [5.74, 6) is -0.361. The number of hydrogen-bond acceptors (Lipinski definition) is 2. The first kappa shape index (κ1) is 10.7. The van der Waals surface area contributed by atoms with E-state index in [1.165, 1.54) is 0 Å². The molecule has 0 aliphatic rings. The molecule has 0 unspecified atom stereocenters. The molecule has 2 nitrogen and oxygen atoms in total. The Morgan fingerprint density at radius 1 is 1.19 bits per heavy atom. The summed E-state index contributed by atoms with van der Waals surface area (Å²) in [4.78, 5) is 4.19. The summed E-state index contributed by atoms with van der Waals surface area (Å²) in [5, 5.41) is 9.82. The van der Waals surface area contributed by atoms with E-state index in [1.807, 2.05) is 30.3 Å². The van der Waals surface area contributed by atoms with Gasteiger partial charge in [-0.25, -0.2) is 0 Å². The molecular formula is C13H9ClN2. The van der Waals surface area contributed by atoms with Gasteiger partial charge in [0.2, 0.25) is 0 Å². The third-order valence-electron chi connectivity index (χ3n) is 2.29. The van der Waals surface area contributed by atoms with Gasteiger partial charge in [0.15, 0.2) is 0 Å².